The Morgan fingerprint density at radius 3 is 0.276 bits per heavy atom. The number of nitrogens with zero attached hydrogens (tertiary/aromatic N) is 6. The molecule has 9 aromatic carbocycles. The second kappa shape index (κ2) is 25.1. The van der Waals surface area contributed by atoms with Gasteiger partial charge in [0.05, 0.1) is 0 Å². The highest BCUT2D eigenvalue weighted by Crippen LogP contribution is 2.33. The predicted molar refractivity (Wildman–Crippen MR) is 315 cm³/mol. The predicted octanol–water partition coefficient (Wildman–Crippen LogP) is 15.4. The van der Waals surface area contributed by atoms with Crippen LogP contribution < -0.4 is 0 Å². The molecule has 444 valence electrons. The number of halogens is 9. The molecule has 0 saturated carbocycles. The van der Waals surface area contributed by atoms with Crippen molar-refractivity contribution in [1.82, 2.24) is 29.4 Å². The molecule has 7 aliphatic rings. The molecule has 0 atom stereocenters. The van der Waals surface area contributed by atoms with Crippen molar-refractivity contribution < 1.29 is 39.5 Å². The van der Waals surface area contributed by atoms with Crippen molar-refractivity contribution in [2.45, 2.75) is 118 Å². The van der Waals surface area contributed by atoms with Gasteiger partial charge in [-0.2, -0.15) is 0 Å². The standard InChI is InChI=1S/C72H63F9N6/c73-64-46-10-1-11-47(64)29-83-31-49-13-2-12-48(65(49)74)30-82(28-46)40-58-22-7-24-60(70(58)79)42-84-32-50-14-3-18-54(66(50)75)36-86(37-55-19-4-15-51(33-84)67(55)76)44-62-26-9-27-63(72(62)81)45-87-38-56-20-5-16-52(68(56)77)34-85(35-53-17-6-21-57(39-87)69(53)78)43-61-25-8-23-59(41-83)71(61)80/h1-27H,28-45H2. The molecule has 0 fully saturated rings. The quantitative estimate of drug-likeness (QED) is 0.140. The molecular formula is C72H63F9N6. The van der Waals surface area contributed by atoms with Crippen LogP contribution in [0, 0.1) is 52.4 Å². The summed E-state index contributed by atoms with van der Waals surface area (Å²) in [4.78, 5) is 10.7. The summed E-state index contributed by atoms with van der Waals surface area (Å²) in [6.45, 7) is -0.669. The molecule has 7 heterocycles. The van der Waals surface area contributed by atoms with Crippen molar-refractivity contribution in [2.75, 3.05) is 0 Å². The maximum Gasteiger partial charge on any atom is 0.132 e. The Labute approximate surface area is 500 Å². The van der Waals surface area contributed by atoms with Gasteiger partial charge in [0.25, 0.3) is 0 Å². The Bertz CT molecular complexity index is 3260. The summed E-state index contributed by atoms with van der Waals surface area (Å²) >= 11 is 0. The highest BCUT2D eigenvalue weighted by atomic mass is 19.2. The minimum absolute atomic E-state index is 0.0306. The minimum atomic E-state index is -0.556. The molecule has 0 N–H and O–H groups in total. The molecule has 0 saturated heterocycles. The maximum atomic E-state index is 17.3. The molecule has 6 nitrogen and oxygen atoms in total. The van der Waals surface area contributed by atoms with Crippen molar-refractivity contribution in [2.24, 2.45) is 0 Å². The van der Waals surface area contributed by atoms with Gasteiger partial charge in [-0.05, 0) is 0 Å². The zero-order valence-electron chi connectivity index (χ0n) is 47.9. The largest absolute Gasteiger partial charge is 0.290 e. The molecule has 0 aliphatic carbocycles. The maximum absolute atomic E-state index is 17.3. The molecule has 87 heavy (non-hydrogen) atoms. The third kappa shape index (κ3) is 12.5. The lowest BCUT2D eigenvalue weighted by atomic mass is 10.0. The third-order valence-corrected chi connectivity index (χ3v) is 17.5. The van der Waals surface area contributed by atoms with Gasteiger partial charge in [-0.3, -0.25) is 29.4 Å². The molecule has 0 unspecified atom stereocenters. The van der Waals surface area contributed by atoms with E-state index in [-0.39, 0.29) is 151 Å². The first-order valence-corrected chi connectivity index (χ1v) is 29.5. The van der Waals surface area contributed by atoms with Gasteiger partial charge in [-0.1, -0.05) is 164 Å². The summed E-state index contributed by atoms with van der Waals surface area (Å²) < 4.78 is 154. The van der Waals surface area contributed by atoms with Crippen molar-refractivity contribution >= 4 is 0 Å². The SMILES string of the molecule is Fc1c2cccc1CN1Cc3cccc(c3F)CN(C2)Cc2cccc(c2F)CN2Cc3cccc(c3F)CN(Cc3cccc(c3F)C2)Cc2cccc(c2F)CN2Cc3cccc(c3F)CN(Cc3cccc(c3F)C2)Cc2cccc(c2F)C1. The molecule has 0 radical (unpaired) electrons. The van der Waals surface area contributed by atoms with Crippen LogP contribution in [0.5, 0.6) is 0 Å². The van der Waals surface area contributed by atoms with Crippen LogP contribution in [0.4, 0.5) is 39.5 Å². The third-order valence-electron chi connectivity index (χ3n) is 17.5. The summed E-state index contributed by atoms with van der Waals surface area (Å²) in [5.74, 6) is -4.68. The van der Waals surface area contributed by atoms with Gasteiger partial charge in [0.15, 0.2) is 0 Å². The Hall–Kier alpha value is -7.89. The summed E-state index contributed by atoms with van der Waals surface area (Å²) in [5, 5.41) is 0. The number of hydrogen-bond acceptors (Lipinski definition) is 6. The van der Waals surface area contributed by atoms with E-state index in [1.807, 2.05) is 0 Å². The number of benzene rings is 9. The summed E-state index contributed by atoms with van der Waals surface area (Å²) in [5.41, 5.74) is 5.08. The van der Waals surface area contributed by atoms with Gasteiger partial charge >= 0.3 is 0 Å². The van der Waals surface area contributed by atoms with E-state index in [4.69, 9.17) is 0 Å². The van der Waals surface area contributed by atoms with Gasteiger partial charge in [0.2, 0.25) is 0 Å². The van der Waals surface area contributed by atoms with Gasteiger partial charge in [-0.15, -0.1) is 0 Å². The fourth-order valence-electron chi connectivity index (χ4n) is 13.2. The first-order valence-electron chi connectivity index (χ1n) is 29.5. The summed E-state index contributed by atoms with van der Waals surface area (Å²) in [7, 11) is 0. The Kier molecular flexibility index (Phi) is 16.8. The first kappa shape index (κ1) is 58.1. The van der Waals surface area contributed by atoms with Crippen LogP contribution in [-0.4, -0.2) is 29.4 Å². The van der Waals surface area contributed by atoms with Crippen LogP contribution in [0.3, 0.4) is 0 Å². The molecule has 16 rings (SSSR count). The normalized spacial score (nSPS) is 20.8. The van der Waals surface area contributed by atoms with Crippen molar-refractivity contribution in [3.05, 3.63) is 316 Å². The molecule has 0 amide bonds. The molecule has 0 aromatic heterocycles. The van der Waals surface area contributed by atoms with E-state index in [0.29, 0.717) is 66.8 Å². The summed E-state index contributed by atoms with van der Waals surface area (Å²) in [6, 6.07) is 45.1. The van der Waals surface area contributed by atoms with Crippen LogP contribution in [0.1, 0.15) is 100 Å². The van der Waals surface area contributed by atoms with Crippen LogP contribution >= 0.6 is 0 Å². The monoisotopic (exact) mass is 1180 g/mol. The van der Waals surface area contributed by atoms with E-state index in [1.165, 1.54) is 0 Å². The lowest BCUT2D eigenvalue weighted by Gasteiger charge is -2.29. The second-order valence-corrected chi connectivity index (χ2v) is 23.9. The molecule has 7 aliphatic heterocycles. The van der Waals surface area contributed by atoms with E-state index in [2.05, 4.69) is 0 Å². The topological polar surface area (TPSA) is 19.4 Å². The zero-order chi connectivity index (χ0) is 59.9. The lowest BCUT2D eigenvalue weighted by Crippen LogP contribution is -2.29. The van der Waals surface area contributed by atoms with Crippen molar-refractivity contribution in [3.8, 4) is 0 Å². The van der Waals surface area contributed by atoms with E-state index < -0.39 is 52.4 Å². The zero-order valence-corrected chi connectivity index (χ0v) is 47.9. The van der Waals surface area contributed by atoms with Crippen molar-refractivity contribution in [3.63, 3.8) is 0 Å². The highest BCUT2D eigenvalue weighted by Gasteiger charge is 2.29. The Morgan fingerprint density at radius 2 is 0.207 bits per heavy atom. The van der Waals surface area contributed by atoms with Crippen LogP contribution in [-0.2, 0) is 118 Å². The van der Waals surface area contributed by atoms with Crippen LogP contribution in [0.15, 0.2) is 164 Å². The average Bonchev–Trinajstić information content (AvgIpc) is 2.86. The van der Waals surface area contributed by atoms with Gasteiger partial charge in [0, 0.05) is 218 Å². The first-order chi connectivity index (χ1) is 42.2. The highest BCUT2D eigenvalue weighted by molar-refractivity contribution is 5.37. The fraction of sp³-hybridized carbons (Fsp3) is 0.250. The van der Waals surface area contributed by atoms with Crippen LogP contribution in [0.2, 0.25) is 0 Å². The fourth-order valence-corrected chi connectivity index (χ4v) is 13.2. The van der Waals surface area contributed by atoms with E-state index in [1.54, 1.807) is 193 Å². The average molecular weight is 1180 g/mol. The van der Waals surface area contributed by atoms with E-state index in [0.717, 1.165) is 0 Å². The van der Waals surface area contributed by atoms with Gasteiger partial charge in [-0.25, -0.2) is 39.5 Å². The summed E-state index contributed by atoms with van der Waals surface area (Å²) in [6.07, 6.45) is 0. The van der Waals surface area contributed by atoms with Crippen molar-refractivity contribution in [1.29, 1.82) is 0 Å². The molecule has 0 spiro atoms. The Balaban J connectivity index is 0.927. The van der Waals surface area contributed by atoms with Gasteiger partial charge < -0.3 is 0 Å². The lowest BCUT2D eigenvalue weighted by molar-refractivity contribution is 0.216. The smallest absolute Gasteiger partial charge is 0.132 e. The second-order valence-electron chi connectivity index (χ2n) is 23.9. The van der Waals surface area contributed by atoms with E-state index >= 15 is 39.5 Å². The van der Waals surface area contributed by atoms with Crippen LogP contribution in [0.25, 0.3) is 0 Å². The van der Waals surface area contributed by atoms with E-state index in [9.17, 15) is 0 Å². The molecular weight excluding hydrogens is 1120 g/mol. The molecule has 9 aromatic rings. The molecule has 15 heteroatoms. The number of hydrogen-bond donors (Lipinski definition) is 0. The van der Waals surface area contributed by atoms with Gasteiger partial charge in [0.1, 0.15) is 52.4 Å². The minimum Gasteiger partial charge on any atom is -0.290 e. The molecule has 24 bridgehead atoms. The Morgan fingerprint density at radius 1 is 0.138 bits per heavy atom. The number of rotatable bonds is 0.